The third kappa shape index (κ3) is 3.91. The van der Waals surface area contributed by atoms with Crippen LogP contribution in [-0.4, -0.2) is 52.9 Å². The van der Waals surface area contributed by atoms with E-state index in [2.05, 4.69) is 10.6 Å². The van der Waals surface area contributed by atoms with Crippen molar-refractivity contribution < 1.29 is 14.3 Å². The molecule has 1 aliphatic heterocycles. The summed E-state index contributed by atoms with van der Waals surface area (Å²) < 4.78 is 7.76. The number of carbonyl (C=O) groups excluding carboxylic acids is 2. The van der Waals surface area contributed by atoms with Gasteiger partial charge in [0.05, 0.1) is 13.7 Å². The van der Waals surface area contributed by atoms with Gasteiger partial charge in [0.1, 0.15) is 11.8 Å². The van der Waals surface area contributed by atoms with Gasteiger partial charge >= 0.3 is 0 Å². The number of nitrogens with zero attached hydrogens (tertiary/aromatic N) is 3. The van der Waals surface area contributed by atoms with E-state index in [1.807, 2.05) is 55.3 Å². The minimum Gasteiger partial charge on any atom is -0.496 e. The zero-order valence-electron chi connectivity index (χ0n) is 16.9. The summed E-state index contributed by atoms with van der Waals surface area (Å²) in [6.07, 6.45) is 3.29. The normalized spacial score (nSPS) is 15.8. The number of fused-ring (bicyclic) bond motifs is 1. The van der Waals surface area contributed by atoms with Gasteiger partial charge in [0.2, 0.25) is 11.8 Å². The Morgan fingerprint density at radius 1 is 1.14 bits per heavy atom. The smallest absolute Gasteiger partial charge is 0.243 e. The molecule has 2 amide bonds. The lowest BCUT2D eigenvalue weighted by molar-refractivity contribution is -0.142. The maximum absolute atomic E-state index is 13.3. The van der Waals surface area contributed by atoms with Crippen LogP contribution in [0.25, 0.3) is 0 Å². The molecule has 2 heterocycles. The van der Waals surface area contributed by atoms with Gasteiger partial charge in [-0.05, 0) is 24.6 Å². The molecule has 1 unspecified atom stereocenters. The summed E-state index contributed by atoms with van der Waals surface area (Å²) in [7, 11) is 1.65. The number of rotatable bonds is 7. The summed E-state index contributed by atoms with van der Waals surface area (Å²) in [6, 6.07) is 11.7. The second-order valence-electron chi connectivity index (χ2n) is 7.03. The van der Waals surface area contributed by atoms with Crippen LogP contribution in [0.15, 0.2) is 42.6 Å². The number of hydrogen-bond donors (Lipinski definition) is 0. The number of ether oxygens (including phenoxy) is 1. The molecule has 2 aromatic rings. The predicted molar refractivity (Wildman–Crippen MR) is 108 cm³/mol. The molecule has 0 saturated heterocycles. The van der Waals surface area contributed by atoms with E-state index in [9.17, 15) is 9.59 Å². The zero-order valence-corrected chi connectivity index (χ0v) is 16.9. The molecular weight excluding hydrogens is 354 g/mol. The Morgan fingerprint density at radius 2 is 1.93 bits per heavy atom. The van der Waals surface area contributed by atoms with Crippen molar-refractivity contribution in [3.63, 3.8) is 0 Å². The van der Waals surface area contributed by atoms with Gasteiger partial charge in [0, 0.05) is 43.5 Å². The quantitative estimate of drug-likeness (QED) is 0.738. The van der Waals surface area contributed by atoms with Gasteiger partial charge in [-0.25, -0.2) is 0 Å². The fraction of sp³-hybridized carbons (Fsp3) is 0.455. The lowest BCUT2D eigenvalue weighted by Crippen LogP contribution is -2.48. The van der Waals surface area contributed by atoms with Crippen LogP contribution in [0, 0.1) is 0 Å². The van der Waals surface area contributed by atoms with Gasteiger partial charge in [-0.3, -0.25) is 9.59 Å². The SMILES string of the molecule is CCCN(CC(=O)N1CCn2cccc2C1c1ccccc1OC)C(=O)CC. The number of methoxy groups -OCH3 is 1. The van der Waals surface area contributed by atoms with Crippen LogP contribution in [0.3, 0.4) is 0 Å². The van der Waals surface area contributed by atoms with Crippen LogP contribution >= 0.6 is 0 Å². The molecule has 1 atom stereocenters. The van der Waals surface area contributed by atoms with Crippen LogP contribution < -0.4 is 4.74 Å². The van der Waals surface area contributed by atoms with Gasteiger partial charge < -0.3 is 19.1 Å². The molecule has 1 aromatic heterocycles. The Hall–Kier alpha value is -2.76. The molecule has 0 radical (unpaired) electrons. The van der Waals surface area contributed by atoms with Gasteiger partial charge in [0.15, 0.2) is 0 Å². The first-order chi connectivity index (χ1) is 13.6. The fourth-order valence-electron chi connectivity index (χ4n) is 3.91. The van der Waals surface area contributed by atoms with Crippen LogP contribution in [0.4, 0.5) is 0 Å². The minimum atomic E-state index is -0.229. The summed E-state index contributed by atoms with van der Waals surface area (Å²) >= 11 is 0. The van der Waals surface area contributed by atoms with Crippen LogP contribution in [0.5, 0.6) is 5.75 Å². The predicted octanol–water partition coefficient (Wildman–Crippen LogP) is 3.08. The zero-order chi connectivity index (χ0) is 20.1. The number of benzene rings is 1. The molecule has 28 heavy (non-hydrogen) atoms. The highest BCUT2D eigenvalue weighted by atomic mass is 16.5. The average Bonchev–Trinajstić information content (AvgIpc) is 3.20. The van der Waals surface area contributed by atoms with Crippen molar-refractivity contribution in [2.75, 3.05) is 26.7 Å². The van der Waals surface area contributed by atoms with Gasteiger partial charge in [0.25, 0.3) is 0 Å². The Balaban J connectivity index is 1.94. The Kier molecular flexibility index (Phi) is 6.39. The third-order valence-corrected chi connectivity index (χ3v) is 5.27. The highest BCUT2D eigenvalue weighted by Crippen LogP contribution is 2.37. The summed E-state index contributed by atoms with van der Waals surface area (Å²) in [5.74, 6) is 0.748. The molecule has 0 fully saturated rings. The first kappa shape index (κ1) is 20.0. The number of hydrogen-bond acceptors (Lipinski definition) is 3. The highest BCUT2D eigenvalue weighted by molar-refractivity contribution is 5.85. The third-order valence-electron chi connectivity index (χ3n) is 5.27. The van der Waals surface area contributed by atoms with Gasteiger partial charge in [-0.2, -0.15) is 0 Å². The number of carbonyl (C=O) groups is 2. The highest BCUT2D eigenvalue weighted by Gasteiger charge is 2.34. The standard InChI is InChI=1S/C22H29N3O3/c1-4-12-24(20(26)5-2)16-21(27)25-15-14-23-13-8-10-18(23)22(25)17-9-6-7-11-19(17)28-3/h6-11,13,22H,4-5,12,14-16H2,1-3H3. The van der Waals surface area contributed by atoms with Crippen LogP contribution in [0.2, 0.25) is 0 Å². The van der Waals surface area contributed by atoms with E-state index < -0.39 is 0 Å². The molecule has 0 N–H and O–H groups in total. The first-order valence-electron chi connectivity index (χ1n) is 9.95. The average molecular weight is 383 g/mol. The summed E-state index contributed by atoms with van der Waals surface area (Å²) in [5.41, 5.74) is 2.02. The van der Waals surface area contributed by atoms with Crippen molar-refractivity contribution in [3.8, 4) is 5.75 Å². The molecule has 0 aliphatic carbocycles. The maximum atomic E-state index is 13.3. The molecule has 150 valence electrons. The van der Waals surface area contributed by atoms with Crippen LogP contribution in [-0.2, 0) is 16.1 Å². The monoisotopic (exact) mass is 383 g/mol. The van der Waals surface area contributed by atoms with Crippen molar-refractivity contribution in [3.05, 3.63) is 53.9 Å². The van der Waals surface area contributed by atoms with E-state index in [0.717, 1.165) is 30.0 Å². The van der Waals surface area contributed by atoms with Crippen molar-refractivity contribution >= 4 is 11.8 Å². The number of amides is 2. The molecule has 3 rings (SSSR count). The molecule has 6 heteroatoms. The van der Waals surface area contributed by atoms with E-state index in [4.69, 9.17) is 4.74 Å². The lowest BCUT2D eigenvalue weighted by atomic mass is 9.98. The first-order valence-corrected chi connectivity index (χ1v) is 9.95. The Bertz CT molecular complexity index is 830. The van der Waals surface area contributed by atoms with Crippen molar-refractivity contribution in [2.45, 2.75) is 39.3 Å². The Morgan fingerprint density at radius 3 is 2.64 bits per heavy atom. The van der Waals surface area contributed by atoms with E-state index in [1.54, 1.807) is 12.0 Å². The number of aromatic nitrogens is 1. The Labute approximate surface area is 166 Å². The molecule has 6 nitrogen and oxygen atoms in total. The van der Waals surface area contributed by atoms with Crippen LogP contribution in [0.1, 0.15) is 44.0 Å². The summed E-state index contributed by atoms with van der Waals surface area (Å²) in [4.78, 5) is 29.1. The largest absolute Gasteiger partial charge is 0.496 e. The van der Waals surface area contributed by atoms with Crippen molar-refractivity contribution in [2.24, 2.45) is 0 Å². The fourth-order valence-corrected chi connectivity index (χ4v) is 3.91. The summed E-state index contributed by atoms with van der Waals surface area (Å²) in [5, 5.41) is 0. The minimum absolute atomic E-state index is 0.0180. The van der Waals surface area contributed by atoms with E-state index >= 15 is 0 Å². The molecule has 0 spiro atoms. The molecular formula is C22H29N3O3. The molecule has 0 saturated carbocycles. The lowest BCUT2D eigenvalue weighted by Gasteiger charge is -2.39. The van der Waals surface area contributed by atoms with Gasteiger partial charge in [-0.1, -0.05) is 32.0 Å². The van der Waals surface area contributed by atoms with E-state index in [-0.39, 0.29) is 24.4 Å². The maximum Gasteiger partial charge on any atom is 0.243 e. The molecule has 1 aromatic carbocycles. The number of para-hydroxylation sites is 1. The van der Waals surface area contributed by atoms with E-state index in [1.165, 1.54) is 0 Å². The summed E-state index contributed by atoms with van der Waals surface area (Å²) in [6.45, 7) is 5.92. The van der Waals surface area contributed by atoms with Crippen molar-refractivity contribution in [1.82, 2.24) is 14.4 Å². The van der Waals surface area contributed by atoms with Crippen molar-refractivity contribution in [1.29, 1.82) is 0 Å². The van der Waals surface area contributed by atoms with Gasteiger partial charge in [-0.15, -0.1) is 0 Å². The topological polar surface area (TPSA) is 54.8 Å². The molecule has 1 aliphatic rings. The molecule has 0 bridgehead atoms. The second kappa shape index (κ2) is 8.95. The second-order valence-corrected chi connectivity index (χ2v) is 7.03. The van der Waals surface area contributed by atoms with E-state index in [0.29, 0.717) is 19.5 Å².